The molecule has 1 N–H and O–H groups in total. The van der Waals surface area contributed by atoms with Crippen LogP contribution in [0.1, 0.15) is 36.7 Å². The summed E-state index contributed by atoms with van der Waals surface area (Å²) in [5, 5.41) is 5.32. The Hall–Kier alpha value is -3.19. The lowest BCUT2D eigenvalue weighted by Gasteiger charge is -2.20. The molecular formula is C23H23N3O3S. The van der Waals surface area contributed by atoms with Crippen LogP contribution >= 0.6 is 11.3 Å². The summed E-state index contributed by atoms with van der Waals surface area (Å²) in [7, 11) is 0. The number of para-hydroxylation sites is 1. The predicted octanol–water partition coefficient (Wildman–Crippen LogP) is 4.76. The Morgan fingerprint density at radius 1 is 1.27 bits per heavy atom. The zero-order valence-corrected chi connectivity index (χ0v) is 18.0. The van der Waals surface area contributed by atoms with Gasteiger partial charge in [0.25, 0.3) is 5.91 Å². The number of fused-ring (bicyclic) bond motifs is 1. The van der Waals surface area contributed by atoms with Crippen molar-refractivity contribution in [1.82, 2.24) is 4.98 Å². The molecule has 1 aliphatic rings. The van der Waals surface area contributed by atoms with Crippen molar-refractivity contribution in [2.75, 3.05) is 16.8 Å². The number of aromatic nitrogens is 1. The minimum atomic E-state index is -0.250. The number of rotatable bonds is 5. The number of ether oxygens (including phenoxy) is 1. The summed E-state index contributed by atoms with van der Waals surface area (Å²) in [6.45, 7) is 6.02. The molecule has 1 atom stereocenters. The molecule has 2 heterocycles. The highest BCUT2D eigenvalue weighted by atomic mass is 32.1. The van der Waals surface area contributed by atoms with E-state index in [1.54, 1.807) is 25.1 Å². The second kappa shape index (κ2) is 8.28. The van der Waals surface area contributed by atoms with Gasteiger partial charge in [-0.25, -0.2) is 4.98 Å². The molecule has 0 saturated carbocycles. The smallest absolute Gasteiger partial charge is 0.261 e. The van der Waals surface area contributed by atoms with Gasteiger partial charge in [-0.15, -0.1) is 11.3 Å². The average molecular weight is 422 g/mol. The Balaban J connectivity index is 1.54. The first kappa shape index (κ1) is 20.1. The number of hydrogen-bond acceptors (Lipinski definition) is 5. The zero-order chi connectivity index (χ0) is 21.3. The maximum Gasteiger partial charge on any atom is 0.261 e. The predicted molar refractivity (Wildman–Crippen MR) is 119 cm³/mol. The van der Waals surface area contributed by atoms with Gasteiger partial charge in [0.1, 0.15) is 5.75 Å². The monoisotopic (exact) mass is 421 g/mol. The molecule has 3 aromatic rings. The molecule has 0 saturated heterocycles. The lowest BCUT2D eigenvalue weighted by molar-refractivity contribution is -0.116. The fourth-order valence-electron chi connectivity index (χ4n) is 3.83. The Bertz CT molecular complexity index is 1110. The maximum atomic E-state index is 12.7. The normalized spacial score (nSPS) is 15.0. The first-order chi connectivity index (χ1) is 14.5. The molecule has 0 fully saturated rings. The standard InChI is InChI=1S/C23H23N3O3S/c1-4-29-21-8-6-5-7-18(21)22(28)25-23-24-19(13-30-23)16-9-10-20-17(12-16)11-14(2)26(20)15(3)27/h5-10,12-14H,4,11H2,1-3H3,(H,24,25,28)/t14-/m1/s1. The highest BCUT2D eigenvalue weighted by molar-refractivity contribution is 7.14. The van der Waals surface area contributed by atoms with Crippen LogP contribution < -0.4 is 15.0 Å². The molecule has 2 aromatic carbocycles. The van der Waals surface area contributed by atoms with Crippen LogP contribution in [-0.2, 0) is 11.2 Å². The molecule has 7 heteroatoms. The van der Waals surface area contributed by atoms with E-state index in [-0.39, 0.29) is 17.9 Å². The Kier molecular flexibility index (Phi) is 5.55. The molecule has 30 heavy (non-hydrogen) atoms. The number of anilines is 2. The van der Waals surface area contributed by atoms with Gasteiger partial charge in [-0.2, -0.15) is 0 Å². The number of amides is 2. The van der Waals surface area contributed by atoms with E-state index in [2.05, 4.69) is 23.3 Å². The van der Waals surface area contributed by atoms with Crippen LogP contribution in [0.15, 0.2) is 47.8 Å². The molecule has 1 aromatic heterocycles. The van der Waals surface area contributed by atoms with Crippen molar-refractivity contribution >= 4 is 34.0 Å². The summed E-state index contributed by atoms with van der Waals surface area (Å²) >= 11 is 1.38. The molecule has 0 radical (unpaired) electrons. The topological polar surface area (TPSA) is 71.5 Å². The van der Waals surface area contributed by atoms with Crippen LogP contribution in [0.4, 0.5) is 10.8 Å². The van der Waals surface area contributed by atoms with E-state index in [0.29, 0.717) is 23.1 Å². The number of benzene rings is 2. The highest BCUT2D eigenvalue weighted by Gasteiger charge is 2.29. The third-order valence-corrected chi connectivity index (χ3v) is 5.84. The van der Waals surface area contributed by atoms with E-state index in [1.807, 2.05) is 35.4 Å². The summed E-state index contributed by atoms with van der Waals surface area (Å²) in [5.41, 5.74) is 4.35. The Morgan fingerprint density at radius 3 is 2.83 bits per heavy atom. The van der Waals surface area contributed by atoms with Crippen molar-refractivity contribution in [3.8, 4) is 17.0 Å². The van der Waals surface area contributed by atoms with Crippen molar-refractivity contribution in [3.63, 3.8) is 0 Å². The fraction of sp³-hybridized carbons (Fsp3) is 0.261. The second-order valence-corrected chi connectivity index (χ2v) is 8.06. The fourth-order valence-corrected chi connectivity index (χ4v) is 4.55. The van der Waals surface area contributed by atoms with Gasteiger partial charge in [-0.3, -0.25) is 14.9 Å². The van der Waals surface area contributed by atoms with Gasteiger partial charge in [-0.1, -0.05) is 18.2 Å². The average Bonchev–Trinajstić information content (AvgIpc) is 3.31. The van der Waals surface area contributed by atoms with Crippen LogP contribution in [0.2, 0.25) is 0 Å². The summed E-state index contributed by atoms with van der Waals surface area (Å²) in [5.74, 6) is 0.358. The number of hydrogen-bond donors (Lipinski definition) is 1. The molecule has 0 spiro atoms. The van der Waals surface area contributed by atoms with Gasteiger partial charge >= 0.3 is 0 Å². The molecular weight excluding hydrogens is 398 g/mol. The minimum Gasteiger partial charge on any atom is -0.493 e. The molecule has 154 valence electrons. The Morgan fingerprint density at radius 2 is 2.07 bits per heavy atom. The number of nitrogens with zero attached hydrogens (tertiary/aromatic N) is 2. The number of thiazole rings is 1. The van der Waals surface area contributed by atoms with Crippen LogP contribution in [0.5, 0.6) is 5.75 Å². The van der Waals surface area contributed by atoms with Gasteiger partial charge in [0.2, 0.25) is 5.91 Å². The number of nitrogens with one attached hydrogen (secondary N) is 1. The van der Waals surface area contributed by atoms with E-state index in [9.17, 15) is 9.59 Å². The van der Waals surface area contributed by atoms with Gasteiger partial charge in [0.15, 0.2) is 5.13 Å². The summed E-state index contributed by atoms with van der Waals surface area (Å²) < 4.78 is 5.54. The molecule has 0 aliphatic carbocycles. The lowest BCUT2D eigenvalue weighted by atomic mass is 10.1. The summed E-state index contributed by atoms with van der Waals surface area (Å²) in [4.78, 5) is 31.0. The summed E-state index contributed by atoms with van der Waals surface area (Å²) in [6, 6.07) is 13.3. The van der Waals surface area contributed by atoms with Crippen molar-refractivity contribution in [2.45, 2.75) is 33.2 Å². The molecule has 0 bridgehead atoms. The van der Waals surface area contributed by atoms with E-state index in [4.69, 9.17) is 4.74 Å². The van der Waals surface area contributed by atoms with Crippen LogP contribution in [0.3, 0.4) is 0 Å². The molecule has 2 amide bonds. The third kappa shape index (κ3) is 3.80. The van der Waals surface area contributed by atoms with Crippen LogP contribution in [0.25, 0.3) is 11.3 Å². The molecule has 6 nitrogen and oxygen atoms in total. The van der Waals surface area contributed by atoms with Gasteiger partial charge in [-0.05, 0) is 50.1 Å². The van der Waals surface area contributed by atoms with Crippen LogP contribution in [-0.4, -0.2) is 29.4 Å². The SMILES string of the molecule is CCOc1ccccc1C(=O)Nc1nc(-c2ccc3c(c2)C[C@@H](C)N3C(C)=O)cs1. The second-order valence-electron chi connectivity index (χ2n) is 7.21. The van der Waals surface area contributed by atoms with Gasteiger partial charge in [0.05, 0.1) is 17.9 Å². The van der Waals surface area contributed by atoms with E-state index < -0.39 is 0 Å². The first-order valence-corrected chi connectivity index (χ1v) is 10.8. The van der Waals surface area contributed by atoms with E-state index >= 15 is 0 Å². The maximum absolute atomic E-state index is 12.7. The quantitative estimate of drug-likeness (QED) is 0.645. The Labute approximate surface area is 179 Å². The minimum absolute atomic E-state index is 0.0555. The van der Waals surface area contributed by atoms with Crippen molar-refractivity contribution in [2.24, 2.45) is 0 Å². The first-order valence-electron chi connectivity index (χ1n) is 9.89. The van der Waals surface area contributed by atoms with Crippen molar-refractivity contribution in [1.29, 1.82) is 0 Å². The third-order valence-electron chi connectivity index (χ3n) is 5.09. The molecule has 4 rings (SSSR count). The zero-order valence-electron chi connectivity index (χ0n) is 17.1. The highest BCUT2D eigenvalue weighted by Crippen LogP contribution is 2.36. The molecule has 1 aliphatic heterocycles. The van der Waals surface area contributed by atoms with Gasteiger partial charge < -0.3 is 9.64 Å². The summed E-state index contributed by atoms with van der Waals surface area (Å²) in [6.07, 6.45) is 0.824. The van der Waals surface area contributed by atoms with Crippen molar-refractivity contribution in [3.05, 3.63) is 59.0 Å². The van der Waals surface area contributed by atoms with Gasteiger partial charge in [0, 0.05) is 29.6 Å². The lowest BCUT2D eigenvalue weighted by Crippen LogP contribution is -2.33. The van der Waals surface area contributed by atoms with E-state index in [1.165, 1.54) is 11.3 Å². The largest absolute Gasteiger partial charge is 0.493 e. The number of carbonyl (C=O) groups excluding carboxylic acids is 2. The number of carbonyl (C=O) groups is 2. The van der Waals surface area contributed by atoms with Crippen LogP contribution in [0, 0.1) is 0 Å². The van der Waals surface area contributed by atoms with E-state index in [0.717, 1.165) is 28.9 Å². The van der Waals surface area contributed by atoms with Crippen molar-refractivity contribution < 1.29 is 14.3 Å². The molecule has 0 unspecified atom stereocenters.